The first-order valence-electron chi connectivity index (χ1n) is 10.1. The van der Waals surface area contributed by atoms with Crippen LogP contribution in [0, 0.1) is 11.7 Å². The Morgan fingerprint density at radius 1 is 1.20 bits per heavy atom. The molecule has 1 aliphatic rings. The number of halogens is 1. The number of anilines is 1. The van der Waals surface area contributed by atoms with Gasteiger partial charge in [-0.2, -0.15) is 0 Å². The van der Waals surface area contributed by atoms with Crippen molar-refractivity contribution >= 4 is 17.6 Å². The monoisotopic (exact) mass is 414 g/mol. The van der Waals surface area contributed by atoms with Crippen LogP contribution in [0.25, 0.3) is 0 Å². The molecule has 1 saturated heterocycles. The van der Waals surface area contributed by atoms with Crippen LogP contribution in [0.1, 0.15) is 29.8 Å². The van der Waals surface area contributed by atoms with Crippen molar-refractivity contribution < 1.29 is 18.7 Å². The van der Waals surface area contributed by atoms with Gasteiger partial charge in [0.05, 0.1) is 18.8 Å². The Labute approximate surface area is 175 Å². The van der Waals surface area contributed by atoms with Gasteiger partial charge in [0.25, 0.3) is 5.91 Å². The summed E-state index contributed by atoms with van der Waals surface area (Å²) < 4.78 is 19.2. The van der Waals surface area contributed by atoms with E-state index in [2.05, 4.69) is 20.5 Å². The number of pyridine rings is 1. The van der Waals surface area contributed by atoms with Gasteiger partial charge in [0.1, 0.15) is 17.7 Å². The van der Waals surface area contributed by atoms with E-state index < -0.39 is 17.8 Å². The SMILES string of the molecule is CC(C)C(NC(=O)c1ccccc1F)C(=O)NCc1ccnc(N2CCOCC2)c1. The summed E-state index contributed by atoms with van der Waals surface area (Å²) in [5.74, 6) is -0.870. The third-order valence-electron chi connectivity index (χ3n) is 4.97. The molecular weight excluding hydrogens is 387 g/mol. The third kappa shape index (κ3) is 5.54. The Bertz CT molecular complexity index is 884. The Kier molecular flexibility index (Phi) is 7.35. The van der Waals surface area contributed by atoms with E-state index >= 15 is 0 Å². The molecule has 0 radical (unpaired) electrons. The molecule has 0 aliphatic carbocycles. The number of hydrogen-bond donors (Lipinski definition) is 2. The minimum absolute atomic E-state index is 0.0831. The second kappa shape index (κ2) is 10.2. The van der Waals surface area contributed by atoms with Gasteiger partial charge in [0, 0.05) is 25.8 Å². The first kappa shape index (κ1) is 21.7. The zero-order valence-electron chi connectivity index (χ0n) is 17.2. The van der Waals surface area contributed by atoms with Crippen LogP contribution in [0.5, 0.6) is 0 Å². The van der Waals surface area contributed by atoms with Gasteiger partial charge in [-0.25, -0.2) is 9.37 Å². The molecule has 1 aromatic heterocycles. The summed E-state index contributed by atoms with van der Waals surface area (Å²) in [6.45, 7) is 6.85. The number of aromatic nitrogens is 1. The number of hydrogen-bond acceptors (Lipinski definition) is 5. The van der Waals surface area contributed by atoms with Crippen molar-refractivity contribution in [2.75, 3.05) is 31.2 Å². The Balaban J connectivity index is 1.61. The zero-order valence-corrected chi connectivity index (χ0v) is 17.2. The Morgan fingerprint density at radius 2 is 1.93 bits per heavy atom. The molecule has 0 bridgehead atoms. The van der Waals surface area contributed by atoms with Crippen molar-refractivity contribution in [1.29, 1.82) is 0 Å². The molecule has 160 valence electrons. The van der Waals surface area contributed by atoms with E-state index in [1.165, 1.54) is 18.2 Å². The molecule has 8 heteroatoms. The lowest BCUT2D eigenvalue weighted by Gasteiger charge is -2.28. The topological polar surface area (TPSA) is 83.6 Å². The van der Waals surface area contributed by atoms with E-state index in [-0.39, 0.29) is 17.4 Å². The lowest BCUT2D eigenvalue weighted by molar-refractivity contribution is -0.124. The second-order valence-corrected chi connectivity index (χ2v) is 7.51. The maximum Gasteiger partial charge on any atom is 0.254 e. The van der Waals surface area contributed by atoms with Crippen LogP contribution in [0.2, 0.25) is 0 Å². The molecule has 2 N–H and O–H groups in total. The molecule has 2 heterocycles. The summed E-state index contributed by atoms with van der Waals surface area (Å²) >= 11 is 0. The standard InChI is InChI=1S/C22H27FN4O3/c1-15(2)20(26-21(28)17-5-3-4-6-18(17)23)22(29)25-14-16-7-8-24-19(13-16)27-9-11-30-12-10-27/h3-8,13,15,20H,9-12,14H2,1-2H3,(H,25,29)(H,26,28). The molecule has 3 rings (SSSR count). The van der Waals surface area contributed by atoms with Gasteiger partial charge in [0.15, 0.2) is 0 Å². The number of rotatable bonds is 7. The zero-order chi connectivity index (χ0) is 21.5. The molecule has 2 aromatic rings. The average molecular weight is 414 g/mol. The number of nitrogens with zero attached hydrogens (tertiary/aromatic N) is 2. The minimum Gasteiger partial charge on any atom is -0.378 e. The van der Waals surface area contributed by atoms with E-state index in [9.17, 15) is 14.0 Å². The summed E-state index contributed by atoms with van der Waals surface area (Å²) in [7, 11) is 0. The molecule has 0 spiro atoms. The van der Waals surface area contributed by atoms with Crippen LogP contribution in [-0.4, -0.2) is 49.1 Å². The van der Waals surface area contributed by atoms with E-state index in [4.69, 9.17) is 4.74 Å². The predicted octanol–water partition coefficient (Wildman–Crippen LogP) is 2.13. The molecule has 2 amide bonds. The van der Waals surface area contributed by atoms with Crippen molar-refractivity contribution in [3.63, 3.8) is 0 Å². The van der Waals surface area contributed by atoms with Crippen molar-refractivity contribution in [2.24, 2.45) is 5.92 Å². The number of benzene rings is 1. The van der Waals surface area contributed by atoms with Crippen LogP contribution in [0.3, 0.4) is 0 Å². The highest BCUT2D eigenvalue weighted by Crippen LogP contribution is 2.15. The Hall–Kier alpha value is -3.00. The van der Waals surface area contributed by atoms with E-state index in [0.29, 0.717) is 19.8 Å². The van der Waals surface area contributed by atoms with E-state index in [0.717, 1.165) is 24.5 Å². The van der Waals surface area contributed by atoms with Gasteiger partial charge in [-0.05, 0) is 35.7 Å². The molecule has 1 aliphatic heterocycles. The van der Waals surface area contributed by atoms with Crippen molar-refractivity contribution in [2.45, 2.75) is 26.4 Å². The normalized spacial score (nSPS) is 15.0. The van der Waals surface area contributed by atoms with E-state index in [1.807, 2.05) is 26.0 Å². The summed E-state index contributed by atoms with van der Waals surface area (Å²) in [4.78, 5) is 31.7. The maximum absolute atomic E-state index is 13.9. The van der Waals surface area contributed by atoms with Crippen LogP contribution in [0.4, 0.5) is 10.2 Å². The molecule has 1 atom stereocenters. The van der Waals surface area contributed by atoms with Gasteiger partial charge in [-0.3, -0.25) is 9.59 Å². The number of ether oxygens (including phenoxy) is 1. The first-order chi connectivity index (χ1) is 14.5. The number of nitrogens with one attached hydrogen (secondary N) is 2. The molecule has 1 aromatic carbocycles. The number of carbonyl (C=O) groups excluding carboxylic acids is 2. The smallest absolute Gasteiger partial charge is 0.254 e. The highest BCUT2D eigenvalue weighted by atomic mass is 19.1. The van der Waals surface area contributed by atoms with Crippen molar-refractivity contribution in [3.05, 3.63) is 59.5 Å². The van der Waals surface area contributed by atoms with E-state index in [1.54, 1.807) is 12.3 Å². The largest absolute Gasteiger partial charge is 0.378 e. The van der Waals surface area contributed by atoms with Crippen LogP contribution in [-0.2, 0) is 16.1 Å². The second-order valence-electron chi connectivity index (χ2n) is 7.51. The van der Waals surface area contributed by atoms with Crippen molar-refractivity contribution in [3.8, 4) is 0 Å². The number of morpholine rings is 1. The average Bonchev–Trinajstić information content (AvgIpc) is 2.76. The molecule has 0 saturated carbocycles. The molecule has 1 fully saturated rings. The fraction of sp³-hybridized carbons (Fsp3) is 0.409. The van der Waals surface area contributed by atoms with Crippen LogP contribution >= 0.6 is 0 Å². The molecule has 30 heavy (non-hydrogen) atoms. The number of amides is 2. The molecule has 1 unspecified atom stereocenters. The van der Waals surface area contributed by atoms with Gasteiger partial charge in [0.2, 0.25) is 5.91 Å². The highest BCUT2D eigenvalue weighted by Gasteiger charge is 2.25. The lowest BCUT2D eigenvalue weighted by atomic mass is 10.0. The van der Waals surface area contributed by atoms with Gasteiger partial charge in [-0.1, -0.05) is 26.0 Å². The summed E-state index contributed by atoms with van der Waals surface area (Å²) in [5.41, 5.74) is 0.822. The maximum atomic E-state index is 13.9. The predicted molar refractivity (Wildman–Crippen MR) is 112 cm³/mol. The van der Waals surface area contributed by atoms with Crippen molar-refractivity contribution in [1.82, 2.24) is 15.6 Å². The summed E-state index contributed by atoms with van der Waals surface area (Å²) in [6.07, 6.45) is 1.71. The van der Waals surface area contributed by atoms with Gasteiger partial charge < -0.3 is 20.3 Å². The lowest BCUT2D eigenvalue weighted by Crippen LogP contribution is -2.49. The summed E-state index contributed by atoms with van der Waals surface area (Å²) in [5, 5.41) is 5.51. The van der Waals surface area contributed by atoms with Gasteiger partial charge >= 0.3 is 0 Å². The quantitative estimate of drug-likeness (QED) is 0.725. The molecular formula is C22H27FN4O3. The highest BCUT2D eigenvalue weighted by molar-refractivity contribution is 5.97. The van der Waals surface area contributed by atoms with Crippen LogP contribution in [0.15, 0.2) is 42.6 Å². The third-order valence-corrected chi connectivity index (χ3v) is 4.97. The fourth-order valence-electron chi connectivity index (χ4n) is 3.23. The molecule has 7 nitrogen and oxygen atoms in total. The minimum atomic E-state index is -0.780. The fourth-order valence-corrected chi connectivity index (χ4v) is 3.23. The Morgan fingerprint density at radius 3 is 2.63 bits per heavy atom. The summed E-state index contributed by atoms with van der Waals surface area (Å²) in [6, 6.07) is 8.70. The van der Waals surface area contributed by atoms with Gasteiger partial charge in [-0.15, -0.1) is 0 Å². The number of carbonyl (C=O) groups is 2. The van der Waals surface area contributed by atoms with Crippen LogP contribution < -0.4 is 15.5 Å². The first-order valence-corrected chi connectivity index (χ1v) is 10.1.